The molecule has 0 radical (unpaired) electrons. The molecule has 0 spiro atoms. The standard InChI is InChI=1S/C20H37NO4Si/c1-20(2,3)26(4,5)25-16-13-11-9-7-6-8-10-12-14-18(22)21-15-17-24-19(21)23/h12,14H,6-11,13,15-17H2,1-5H3/b14-12+. The molecule has 1 fully saturated rings. The van der Waals surface area contributed by atoms with Gasteiger partial charge in [-0.3, -0.25) is 4.79 Å². The van der Waals surface area contributed by atoms with E-state index in [1.54, 1.807) is 0 Å². The van der Waals surface area contributed by atoms with Gasteiger partial charge in [0.1, 0.15) is 6.61 Å². The van der Waals surface area contributed by atoms with Crippen LogP contribution in [0.1, 0.15) is 65.7 Å². The molecule has 1 saturated heterocycles. The first-order valence-electron chi connectivity index (χ1n) is 9.94. The summed E-state index contributed by atoms with van der Waals surface area (Å²) < 4.78 is 10.9. The van der Waals surface area contributed by atoms with Gasteiger partial charge in [-0.05, 0) is 43.5 Å². The second kappa shape index (κ2) is 10.9. The minimum atomic E-state index is -1.59. The molecule has 0 N–H and O–H groups in total. The van der Waals surface area contributed by atoms with Crippen molar-refractivity contribution in [3.63, 3.8) is 0 Å². The van der Waals surface area contributed by atoms with Crippen LogP contribution in [0, 0.1) is 0 Å². The first-order valence-corrected chi connectivity index (χ1v) is 12.8. The van der Waals surface area contributed by atoms with Crippen molar-refractivity contribution in [2.75, 3.05) is 19.8 Å². The van der Waals surface area contributed by atoms with E-state index in [2.05, 4.69) is 33.9 Å². The van der Waals surface area contributed by atoms with Crippen LogP contribution in [0.25, 0.3) is 0 Å². The first-order chi connectivity index (χ1) is 12.1. The molecule has 0 unspecified atom stereocenters. The van der Waals surface area contributed by atoms with Crippen molar-refractivity contribution in [3.05, 3.63) is 12.2 Å². The highest BCUT2D eigenvalue weighted by molar-refractivity contribution is 6.74. The van der Waals surface area contributed by atoms with Gasteiger partial charge in [-0.15, -0.1) is 0 Å². The molecule has 0 atom stereocenters. The van der Waals surface area contributed by atoms with E-state index in [0.29, 0.717) is 13.2 Å². The SMILES string of the molecule is CC(C)(C)[Si](C)(C)OCCCCCCCC/C=C/C(=O)N1CCOC1=O. The molecule has 26 heavy (non-hydrogen) atoms. The number of rotatable bonds is 11. The van der Waals surface area contributed by atoms with E-state index in [1.165, 1.54) is 31.8 Å². The molecule has 150 valence electrons. The van der Waals surface area contributed by atoms with Crippen LogP contribution in [0.5, 0.6) is 0 Å². The fourth-order valence-corrected chi connectivity index (χ4v) is 3.57. The molecule has 0 aromatic rings. The fourth-order valence-electron chi connectivity index (χ4n) is 2.48. The number of hydrogen-bond acceptors (Lipinski definition) is 4. The first kappa shape index (κ1) is 22.9. The summed E-state index contributed by atoms with van der Waals surface area (Å²) in [4.78, 5) is 24.1. The highest BCUT2D eigenvalue weighted by Gasteiger charge is 2.36. The smallest absolute Gasteiger partial charge is 0.416 e. The van der Waals surface area contributed by atoms with E-state index in [4.69, 9.17) is 9.16 Å². The minimum Gasteiger partial charge on any atom is -0.447 e. The van der Waals surface area contributed by atoms with Crippen LogP contribution in [0.2, 0.25) is 18.1 Å². The fraction of sp³-hybridized carbons (Fsp3) is 0.800. The normalized spacial score (nSPS) is 15.7. The zero-order chi connectivity index (χ0) is 19.6. The summed E-state index contributed by atoms with van der Waals surface area (Å²) in [6.07, 6.45) is 10.8. The molecule has 1 aliphatic rings. The van der Waals surface area contributed by atoms with Gasteiger partial charge in [0.15, 0.2) is 8.32 Å². The van der Waals surface area contributed by atoms with Gasteiger partial charge in [-0.2, -0.15) is 0 Å². The Morgan fingerprint density at radius 2 is 1.77 bits per heavy atom. The molecule has 2 amide bonds. The molecule has 6 heteroatoms. The summed E-state index contributed by atoms with van der Waals surface area (Å²) >= 11 is 0. The monoisotopic (exact) mass is 383 g/mol. The van der Waals surface area contributed by atoms with E-state index in [1.807, 2.05) is 6.08 Å². The Morgan fingerprint density at radius 1 is 1.15 bits per heavy atom. The number of carbonyl (C=O) groups excluding carboxylic acids is 2. The zero-order valence-electron chi connectivity index (χ0n) is 17.3. The van der Waals surface area contributed by atoms with Crippen LogP contribution in [0.4, 0.5) is 4.79 Å². The van der Waals surface area contributed by atoms with E-state index in [-0.39, 0.29) is 10.9 Å². The number of ether oxygens (including phenoxy) is 1. The van der Waals surface area contributed by atoms with Crippen LogP contribution in [0.15, 0.2) is 12.2 Å². The Morgan fingerprint density at radius 3 is 2.35 bits per heavy atom. The predicted molar refractivity (Wildman–Crippen MR) is 108 cm³/mol. The van der Waals surface area contributed by atoms with Crippen LogP contribution >= 0.6 is 0 Å². The summed E-state index contributed by atoms with van der Waals surface area (Å²) in [5.41, 5.74) is 0. The van der Waals surface area contributed by atoms with Crippen molar-refractivity contribution >= 4 is 20.3 Å². The van der Waals surface area contributed by atoms with Crippen molar-refractivity contribution in [3.8, 4) is 0 Å². The topological polar surface area (TPSA) is 55.8 Å². The van der Waals surface area contributed by atoms with E-state index >= 15 is 0 Å². The van der Waals surface area contributed by atoms with Gasteiger partial charge < -0.3 is 9.16 Å². The number of imide groups is 1. The Bertz CT molecular complexity index is 483. The maximum Gasteiger partial charge on any atom is 0.416 e. The lowest BCUT2D eigenvalue weighted by atomic mass is 10.1. The van der Waals surface area contributed by atoms with Crippen molar-refractivity contribution in [2.45, 2.75) is 83.8 Å². The average Bonchev–Trinajstić information content (AvgIpc) is 2.97. The summed E-state index contributed by atoms with van der Waals surface area (Å²) in [6.45, 7) is 13.0. The Kier molecular flexibility index (Phi) is 9.58. The number of hydrogen-bond donors (Lipinski definition) is 0. The molecule has 0 aromatic carbocycles. The van der Waals surface area contributed by atoms with Crippen molar-refractivity contribution in [1.29, 1.82) is 0 Å². The van der Waals surface area contributed by atoms with E-state index < -0.39 is 14.4 Å². The van der Waals surface area contributed by atoms with Crippen LogP contribution in [-0.4, -0.2) is 45.0 Å². The average molecular weight is 384 g/mol. The number of cyclic esters (lactones) is 1. The number of nitrogens with zero attached hydrogens (tertiary/aromatic N) is 1. The summed E-state index contributed by atoms with van der Waals surface area (Å²) in [6, 6.07) is 0. The predicted octanol–water partition coefficient (Wildman–Crippen LogP) is 5.27. The Labute approximate surface area is 160 Å². The van der Waals surface area contributed by atoms with Crippen molar-refractivity contribution < 1.29 is 18.8 Å². The molecule has 0 saturated carbocycles. The second-order valence-electron chi connectivity index (χ2n) is 8.53. The van der Waals surface area contributed by atoms with Crippen molar-refractivity contribution in [2.24, 2.45) is 0 Å². The van der Waals surface area contributed by atoms with Crippen LogP contribution in [0.3, 0.4) is 0 Å². The quantitative estimate of drug-likeness (QED) is 0.277. The lowest BCUT2D eigenvalue weighted by molar-refractivity contribution is -0.122. The third-order valence-corrected chi connectivity index (χ3v) is 9.86. The second-order valence-corrected chi connectivity index (χ2v) is 13.3. The van der Waals surface area contributed by atoms with Gasteiger partial charge in [0.2, 0.25) is 0 Å². The summed E-state index contributed by atoms with van der Waals surface area (Å²) in [5.74, 6) is -0.269. The van der Waals surface area contributed by atoms with Gasteiger partial charge in [0.05, 0.1) is 6.54 Å². The molecule has 0 aliphatic carbocycles. The number of carbonyl (C=O) groups is 2. The largest absolute Gasteiger partial charge is 0.447 e. The number of unbranched alkanes of at least 4 members (excludes halogenated alkanes) is 6. The summed E-state index contributed by atoms with van der Waals surface area (Å²) in [5, 5.41) is 0.289. The van der Waals surface area contributed by atoms with Crippen molar-refractivity contribution in [1.82, 2.24) is 4.90 Å². The highest BCUT2D eigenvalue weighted by Crippen LogP contribution is 2.36. The number of allylic oxidation sites excluding steroid dienone is 1. The van der Waals surface area contributed by atoms with Gasteiger partial charge in [-0.1, -0.05) is 52.5 Å². The Hall–Kier alpha value is -1.14. The third kappa shape index (κ3) is 8.04. The number of amides is 2. The highest BCUT2D eigenvalue weighted by atomic mass is 28.4. The molecule has 1 heterocycles. The molecule has 0 bridgehead atoms. The van der Waals surface area contributed by atoms with Gasteiger partial charge in [0.25, 0.3) is 5.91 Å². The molecule has 5 nitrogen and oxygen atoms in total. The lowest BCUT2D eigenvalue weighted by Gasteiger charge is -2.36. The maximum absolute atomic E-state index is 11.8. The van der Waals surface area contributed by atoms with E-state index in [9.17, 15) is 9.59 Å². The van der Waals surface area contributed by atoms with Gasteiger partial charge in [-0.25, -0.2) is 9.69 Å². The lowest BCUT2D eigenvalue weighted by Crippen LogP contribution is -2.40. The van der Waals surface area contributed by atoms with Crippen LogP contribution < -0.4 is 0 Å². The molecular weight excluding hydrogens is 346 g/mol. The Balaban J connectivity index is 1.97. The van der Waals surface area contributed by atoms with Gasteiger partial charge >= 0.3 is 6.09 Å². The van der Waals surface area contributed by atoms with Crippen LogP contribution in [-0.2, 0) is 14.0 Å². The summed E-state index contributed by atoms with van der Waals surface area (Å²) in [7, 11) is -1.59. The molecule has 0 aromatic heterocycles. The minimum absolute atomic E-state index is 0.269. The third-order valence-electron chi connectivity index (χ3n) is 5.32. The maximum atomic E-state index is 11.8. The molecule has 1 rings (SSSR count). The molecular formula is C20H37NO4Si. The molecule has 1 aliphatic heterocycles. The van der Waals surface area contributed by atoms with E-state index in [0.717, 1.165) is 30.8 Å². The van der Waals surface area contributed by atoms with Gasteiger partial charge in [0, 0.05) is 6.61 Å². The zero-order valence-corrected chi connectivity index (χ0v) is 18.3.